The highest BCUT2D eigenvalue weighted by atomic mass is 35.5. The summed E-state index contributed by atoms with van der Waals surface area (Å²) in [6.07, 6.45) is 0.832. The maximum Gasteiger partial charge on any atom is 0.216 e. The standard InChI is InChI=1S/C13H15N3OS.ClH/c1-9(17)15-7-6-10-2-4-11(5-3-10)12-8-18-13(14)16-12;/h2-5,8H,6-7H2,1H3,(H2,14,16)(H,15,17);1H. The number of carbonyl (C=O) groups excluding carboxylic acids is 1. The number of aromatic nitrogens is 1. The summed E-state index contributed by atoms with van der Waals surface area (Å²) in [4.78, 5) is 15.0. The van der Waals surface area contributed by atoms with Crippen LogP contribution < -0.4 is 11.1 Å². The van der Waals surface area contributed by atoms with Gasteiger partial charge in [0.25, 0.3) is 0 Å². The molecule has 1 heterocycles. The number of nitrogens with zero attached hydrogens (tertiary/aromatic N) is 1. The van der Waals surface area contributed by atoms with Gasteiger partial charge in [-0.3, -0.25) is 4.79 Å². The molecule has 0 bridgehead atoms. The van der Waals surface area contributed by atoms with E-state index in [1.54, 1.807) is 0 Å². The number of nitrogens with one attached hydrogen (secondary N) is 1. The Morgan fingerprint density at radius 1 is 1.37 bits per heavy atom. The average molecular weight is 298 g/mol. The van der Waals surface area contributed by atoms with Gasteiger partial charge in [-0.1, -0.05) is 24.3 Å². The third-order valence-corrected chi connectivity index (χ3v) is 3.23. The van der Waals surface area contributed by atoms with Gasteiger partial charge in [0.2, 0.25) is 5.91 Å². The van der Waals surface area contributed by atoms with Crippen molar-refractivity contribution in [2.24, 2.45) is 0 Å². The topological polar surface area (TPSA) is 68.0 Å². The number of rotatable bonds is 4. The van der Waals surface area contributed by atoms with E-state index in [9.17, 15) is 4.79 Å². The number of hydrogen-bond acceptors (Lipinski definition) is 4. The minimum atomic E-state index is 0. The zero-order valence-electron chi connectivity index (χ0n) is 10.6. The fourth-order valence-corrected chi connectivity index (χ4v) is 2.22. The zero-order valence-corrected chi connectivity index (χ0v) is 12.2. The van der Waals surface area contributed by atoms with E-state index in [1.807, 2.05) is 29.6 Å². The van der Waals surface area contributed by atoms with E-state index in [2.05, 4.69) is 10.3 Å². The summed E-state index contributed by atoms with van der Waals surface area (Å²) in [5, 5.41) is 5.31. The van der Waals surface area contributed by atoms with Crippen molar-refractivity contribution in [3.05, 3.63) is 35.2 Å². The van der Waals surface area contributed by atoms with Crippen LogP contribution in [0.1, 0.15) is 12.5 Å². The third-order valence-electron chi connectivity index (χ3n) is 2.56. The maximum atomic E-state index is 10.7. The van der Waals surface area contributed by atoms with Crippen molar-refractivity contribution in [2.75, 3.05) is 12.3 Å². The van der Waals surface area contributed by atoms with Gasteiger partial charge in [0.15, 0.2) is 5.13 Å². The van der Waals surface area contributed by atoms with Gasteiger partial charge in [0.05, 0.1) is 5.69 Å². The van der Waals surface area contributed by atoms with E-state index in [1.165, 1.54) is 23.8 Å². The van der Waals surface area contributed by atoms with Gasteiger partial charge in [0.1, 0.15) is 0 Å². The van der Waals surface area contributed by atoms with Gasteiger partial charge < -0.3 is 11.1 Å². The van der Waals surface area contributed by atoms with E-state index in [4.69, 9.17) is 5.73 Å². The second-order valence-electron chi connectivity index (χ2n) is 4.00. The molecule has 2 aromatic rings. The van der Waals surface area contributed by atoms with E-state index in [0.717, 1.165) is 17.7 Å². The maximum absolute atomic E-state index is 10.7. The van der Waals surface area contributed by atoms with Gasteiger partial charge in [-0.15, -0.1) is 23.7 Å². The summed E-state index contributed by atoms with van der Waals surface area (Å²) in [5.41, 5.74) is 8.77. The van der Waals surface area contributed by atoms with E-state index < -0.39 is 0 Å². The van der Waals surface area contributed by atoms with Gasteiger partial charge in [0, 0.05) is 24.4 Å². The van der Waals surface area contributed by atoms with Crippen LogP contribution >= 0.6 is 23.7 Å². The highest BCUT2D eigenvalue weighted by Gasteiger charge is 2.02. The second kappa shape index (κ2) is 7.11. The molecule has 0 unspecified atom stereocenters. The highest BCUT2D eigenvalue weighted by Crippen LogP contribution is 2.23. The van der Waals surface area contributed by atoms with Crippen molar-refractivity contribution in [3.63, 3.8) is 0 Å². The molecular formula is C13H16ClN3OS. The van der Waals surface area contributed by atoms with E-state index in [0.29, 0.717) is 11.7 Å². The molecule has 0 atom stereocenters. The molecule has 1 aromatic carbocycles. The molecule has 0 aliphatic carbocycles. The first-order chi connectivity index (χ1) is 8.65. The first-order valence-corrected chi connectivity index (χ1v) is 6.58. The quantitative estimate of drug-likeness (QED) is 0.911. The fourth-order valence-electron chi connectivity index (χ4n) is 1.65. The lowest BCUT2D eigenvalue weighted by molar-refractivity contribution is -0.118. The third kappa shape index (κ3) is 4.54. The molecule has 2 rings (SSSR count). The van der Waals surface area contributed by atoms with Crippen LogP contribution in [0.2, 0.25) is 0 Å². The second-order valence-corrected chi connectivity index (χ2v) is 4.89. The summed E-state index contributed by atoms with van der Waals surface area (Å²) in [6, 6.07) is 8.15. The normalized spacial score (nSPS) is 9.74. The number of nitrogen functional groups attached to an aromatic ring is 1. The smallest absolute Gasteiger partial charge is 0.216 e. The minimum Gasteiger partial charge on any atom is -0.375 e. The summed E-state index contributed by atoms with van der Waals surface area (Å²) >= 11 is 1.44. The summed E-state index contributed by atoms with van der Waals surface area (Å²) < 4.78 is 0. The van der Waals surface area contributed by atoms with Crippen molar-refractivity contribution in [1.29, 1.82) is 0 Å². The highest BCUT2D eigenvalue weighted by molar-refractivity contribution is 7.13. The molecule has 0 spiro atoms. The lowest BCUT2D eigenvalue weighted by atomic mass is 10.1. The number of benzene rings is 1. The first-order valence-electron chi connectivity index (χ1n) is 5.70. The molecular weight excluding hydrogens is 282 g/mol. The number of carbonyl (C=O) groups is 1. The Morgan fingerprint density at radius 3 is 2.58 bits per heavy atom. The SMILES string of the molecule is CC(=O)NCCc1ccc(-c2csc(N)n2)cc1.Cl. The molecule has 0 aliphatic heterocycles. The molecule has 0 fully saturated rings. The van der Waals surface area contributed by atoms with Crippen molar-refractivity contribution >= 4 is 34.8 Å². The van der Waals surface area contributed by atoms with Gasteiger partial charge in [-0.05, 0) is 12.0 Å². The van der Waals surface area contributed by atoms with Crippen LogP contribution in [-0.4, -0.2) is 17.4 Å². The fraction of sp³-hybridized carbons (Fsp3) is 0.231. The van der Waals surface area contributed by atoms with Crippen molar-refractivity contribution in [1.82, 2.24) is 10.3 Å². The van der Waals surface area contributed by atoms with Gasteiger partial charge in [-0.2, -0.15) is 0 Å². The molecule has 1 aromatic heterocycles. The molecule has 102 valence electrons. The Kier molecular flexibility index (Phi) is 5.79. The predicted molar refractivity (Wildman–Crippen MR) is 81.6 cm³/mol. The van der Waals surface area contributed by atoms with Crippen LogP contribution in [0.25, 0.3) is 11.3 Å². The molecule has 6 heteroatoms. The van der Waals surface area contributed by atoms with Gasteiger partial charge >= 0.3 is 0 Å². The van der Waals surface area contributed by atoms with Crippen molar-refractivity contribution in [3.8, 4) is 11.3 Å². The van der Waals surface area contributed by atoms with Crippen LogP contribution in [0, 0.1) is 0 Å². The largest absolute Gasteiger partial charge is 0.375 e. The number of halogens is 1. The molecule has 0 radical (unpaired) electrons. The molecule has 0 saturated carbocycles. The average Bonchev–Trinajstić information content (AvgIpc) is 2.76. The molecule has 0 saturated heterocycles. The predicted octanol–water partition coefficient (Wildman–Crippen LogP) is 2.49. The Bertz CT molecular complexity index is 539. The first kappa shape index (κ1) is 15.5. The summed E-state index contributed by atoms with van der Waals surface area (Å²) in [7, 11) is 0. The monoisotopic (exact) mass is 297 g/mol. The van der Waals surface area contributed by atoms with Crippen LogP contribution in [0.15, 0.2) is 29.6 Å². The van der Waals surface area contributed by atoms with Crippen molar-refractivity contribution < 1.29 is 4.79 Å². The van der Waals surface area contributed by atoms with Crippen LogP contribution in [0.5, 0.6) is 0 Å². The number of nitrogens with two attached hydrogens (primary N) is 1. The van der Waals surface area contributed by atoms with Gasteiger partial charge in [-0.25, -0.2) is 4.98 Å². The molecule has 0 aliphatic rings. The van der Waals surface area contributed by atoms with Crippen LogP contribution in [0.3, 0.4) is 0 Å². The van der Waals surface area contributed by atoms with E-state index >= 15 is 0 Å². The lowest BCUT2D eigenvalue weighted by Crippen LogP contribution is -2.22. The number of hydrogen-bond donors (Lipinski definition) is 2. The Labute approximate surface area is 122 Å². The zero-order chi connectivity index (χ0) is 13.0. The molecule has 4 nitrogen and oxygen atoms in total. The van der Waals surface area contributed by atoms with Crippen molar-refractivity contribution in [2.45, 2.75) is 13.3 Å². The molecule has 3 N–H and O–H groups in total. The lowest BCUT2D eigenvalue weighted by Gasteiger charge is -2.03. The van der Waals surface area contributed by atoms with Crippen LogP contribution in [-0.2, 0) is 11.2 Å². The summed E-state index contributed by atoms with van der Waals surface area (Å²) in [5.74, 6) is 0.00423. The summed E-state index contributed by atoms with van der Waals surface area (Å²) in [6.45, 7) is 2.19. The Balaban J connectivity index is 0.00000180. The Hall–Kier alpha value is -1.59. The molecule has 1 amide bonds. The number of anilines is 1. The van der Waals surface area contributed by atoms with Crippen LogP contribution in [0.4, 0.5) is 5.13 Å². The Morgan fingerprint density at radius 2 is 2.05 bits per heavy atom. The number of amides is 1. The molecule has 19 heavy (non-hydrogen) atoms. The number of thiazole rings is 1. The minimum absolute atomic E-state index is 0. The van der Waals surface area contributed by atoms with E-state index in [-0.39, 0.29) is 18.3 Å².